The van der Waals surface area contributed by atoms with Gasteiger partial charge in [-0.15, -0.1) is 0 Å². The van der Waals surface area contributed by atoms with E-state index in [1.54, 1.807) is 17.7 Å². The van der Waals surface area contributed by atoms with Crippen LogP contribution in [-0.4, -0.2) is 49.7 Å². The van der Waals surface area contributed by atoms with Gasteiger partial charge in [-0.1, -0.05) is 32.0 Å². The molecule has 2 aromatic rings. The zero-order chi connectivity index (χ0) is 24.4. The van der Waals surface area contributed by atoms with Crippen LogP contribution in [0.25, 0.3) is 0 Å². The minimum absolute atomic E-state index is 0.00225. The molecule has 2 rings (SSSR count). The van der Waals surface area contributed by atoms with E-state index in [0.717, 1.165) is 12.0 Å². The van der Waals surface area contributed by atoms with E-state index in [1.165, 1.54) is 19.5 Å². The van der Waals surface area contributed by atoms with Gasteiger partial charge in [-0.3, -0.25) is 19.2 Å². The summed E-state index contributed by atoms with van der Waals surface area (Å²) in [6.45, 7) is 4.76. The molecule has 0 bridgehead atoms. The molecule has 0 spiro atoms. The Hall–Kier alpha value is -3.62. The van der Waals surface area contributed by atoms with Crippen molar-refractivity contribution in [1.29, 1.82) is 0 Å². The number of para-hydroxylation sites is 1. The molecule has 1 aromatic heterocycles. The standard InChI is InChI=1S/C24H31N3O6/c1-16(2)9-11-25-23(30)18-14-27(13-17-7-5-6-8-20(17)32-3)15-19(22(18)29)24(31)26-12-10-21(28)33-4/h5-8,14-16H,9-13H2,1-4H3,(H,25,30)(H,26,31). The molecule has 2 amide bonds. The van der Waals surface area contributed by atoms with Crippen LogP contribution in [0.1, 0.15) is 53.0 Å². The van der Waals surface area contributed by atoms with Crippen molar-refractivity contribution in [2.75, 3.05) is 27.3 Å². The lowest BCUT2D eigenvalue weighted by molar-refractivity contribution is -0.140. The molecule has 9 nitrogen and oxygen atoms in total. The molecule has 0 aliphatic rings. The van der Waals surface area contributed by atoms with E-state index in [9.17, 15) is 19.2 Å². The number of pyridine rings is 1. The third kappa shape index (κ3) is 7.48. The number of hydrogen-bond acceptors (Lipinski definition) is 6. The van der Waals surface area contributed by atoms with E-state index < -0.39 is 23.2 Å². The first kappa shape index (κ1) is 25.6. The maximum Gasteiger partial charge on any atom is 0.307 e. The van der Waals surface area contributed by atoms with Gasteiger partial charge in [-0.2, -0.15) is 0 Å². The van der Waals surface area contributed by atoms with Gasteiger partial charge in [0.25, 0.3) is 11.8 Å². The first-order valence-electron chi connectivity index (χ1n) is 10.8. The van der Waals surface area contributed by atoms with Crippen LogP contribution in [0.4, 0.5) is 0 Å². The second-order valence-electron chi connectivity index (χ2n) is 7.92. The van der Waals surface area contributed by atoms with Crippen molar-refractivity contribution in [1.82, 2.24) is 15.2 Å². The Morgan fingerprint density at radius 2 is 1.58 bits per heavy atom. The highest BCUT2D eigenvalue weighted by atomic mass is 16.5. The average Bonchev–Trinajstić information content (AvgIpc) is 2.79. The molecule has 0 aliphatic heterocycles. The Morgan fingerprint density at radius 1 is 0.970 bits per heavy atom. The topological polar surface area (TPSA) is 116 Å². The lowest BCUT2D eigenvalue weighted by Gasteiger charge is -2.14. The Labute approximate surface area is 193 Å². The fourth-order valence-electron chi connectivity index (χ4n) is 3.12. The summed E-state index contributed by atoms with van der Waals surface area (Å²) >= 11 is 0. The fraction of sp³-hybridized carbons (Fsp3) is 0.417. The average molecular weight is 458 g/mol. The summed E-state index contributed by atoms with van der Waals surface area (Å²) in [5.74, 6) is -0.669. The second kappa shape index (κ2) is 12.4. The fourth-order valence-corrected chi connectivity index (χ4v) is 3.12. The summed E-state index contributed by atoms with van der Waals surface area (Å²) in [7, 11) is 2.81. The van der Waals surface area contributed by atoms with E-state index in [0.29, 0.717) is 18.2 Å². The Balaban J connectivity index is 2.37. The predicted molar refractivity (Wildman–Crippen MR) is 124 cm³/mol. The van der Waals surface area contributed by atoms with Crippen molar-refractivity contribution in [3.63, 3.8) is 0 Å². The third-order valence-electron chi connectivity index (χ3n) is 4.96. The van der Waals surface area contributed by atoms with Crippen LogP contribution in [0.2, 0.25) is 0 Å². The highest BCUT2D eigenvalue weighted by molar-refractivity contribution is 5.99. The molecule has 0 saturated carbocycles. The smallest absolute Gasteiger partial charge is 0.307 e. The van der Waals surface area contributed by atoms with Gasteiger partial charge in [-0.05, 0) is 18.4 Å². The van der Waals surface area contributed by atoms with Crippen LogP contribution in [0.15, 0.2) is 41.5 Å². The Morgan fingerprint density at radius 3 is 2.15 bits per heavy atom. The van der Waals surface area contributed by atoms with Crippen molar-refractivity contribution < 1.29 is 23.9 Å². The lowest BCUT2D eigenvalue weighted by atomic mass is 10.1. The van der Waals surface area contributed by atoms with Gasteiger partial charge in [0, 0.05) is 31.0 Å². The summed E-state index contributed by atoms with van der Waals surface area (Å²) < 4.78 is 11.5. The van der Waals surface area contributed by atoms with Crippen molar-refractivity contribution >= 4 is 17.8 Å². The summed E-state index contributed by atoms with van der Waals surface area (Å²) in [5, 5.41) is 5.28. The molecule has 2 N–H and O–H groups in total. The van der Waals surface area contributed by atoms with Gasteiger partial charge in [0.2, 0.25) is 5.43 Å². The maximum atomic E-state index is 13.0. The van der Waals surface area contributed by atoms with E-state index in [1.807, 2.05) is 32.0 Å². The first-order valence-corrected chi connectivity index (χ1v) is 10.8. The van der Waals surface area contributed by atoms with Gasteiger partial charge in [0.1, 0.15) is 16.9 Å². The molecule has 0 atom stereocenters. The predicted octanol–water partition coefficient (Wildman–Crippen LogP) is 1.97. The number of esters is 1. The lowest BCUT2D eigenvalue weighted by Crippen LogP contribution is -2.36. The molecule has 0 unspecified atom stereocenters. The number of benzene rings is 1. The molecule has 0 aliphatic carbocycles. The molecule has 1 aromatic carbocycles. The number of rotatable bonds is 11. The zero-order valence-electron chi connectivity index (χ0n) is 19.5. The molecule has 178 valence electrons. The summed E-state index contributed by atoms with van der Waals surface area (Å²) in [5.41, 5.74) is -0.184. The molecular formula is C24H31N3O6. The van der Waals surface area contributed by atoms with Crippen molar-refractivity contribution in [2.45, 2.75) is 33.2 Å². The number of amides is 2. The highest BCUT2D eigenvalue weighted by Gasteiger charge is 2.20. The van der Waals surface area contributed by atoms with Crippen LogP contribution in [-0.2, 0) is 16.1 Å². The maximum absolute atomic E-state index is 13.0. The Kier molecular flexibility index (Phi) is 9.65. The number of carbonyl (C=O) groups excluding carboxylic acids is 3. The van der Waals surface area contributed by atoms with Gasteiger partial charge < -0.3 is 24.7 Å². The van der Waals surface area contributed by atoms with Gasteiger partial charge in [0.15, 0.2) is 0 Å². The number of carbonyl (C=O) groups is 3. The minimum Gasteiger partial charge on any atom is -0.496 e. The number of methoxy groups -OCH3 is 2. The molecule has 1 heterocycles. The van der Waals surface area contributed by atoms with E-state index in [2.05, 4.69) is 15.4 Å². The van der Waals surface area contributed by atoms with Crippen LogP contribution >= 0.6 is 0 Å². The first-order chi connectivity index (χ1) is 15.8. The monoisotopic (exact) mass is 457 g/mol. The van der Waals surface area contributed by atoms with Crippen molar-refractivity contribution in [3.8, 4) is 5.75 Å². The largest absolute Gasteiger partial charge is 0.496 e. The van der Waals surface area contributed by atoms with Gasteiger partial charge in [0.05, 0.1) is 27.2 Å². The molecule has 0 saturated heterocycles. The van der Waals surface area contributed by atoms with Crippen LogP contribution in [0, 0.1) is 5.92 Å². The number of nitrogens with zero attached hydrogens (tertiary/aromatic N) is 1. The van der Waals surface area contributed by atoms with Crippen LogP contribution in [0.3, 0.4) is 0 Å². The quantitative estimate of drug-likeness (QED) is 0.499. The second-order valence-corrected chi connectivity index (χ2v) is 7.92. The van der Waals surface area contributed by atoms with Gasteiger partial charge >= 0.3 is 5.97 Å². The van der Waals surface area contributed by atoms with Crippen molar-refractivity contribution in [2.24, 2.45) is 5.92 Å². The number of nitrogens with one attached hydrogen (secondary N) is 2. The number of ether oxygens (including phenoxy) is 2. The van der Waals surface area contributed by atoms with Crippen molar-refractivity contribution in [3.05, 3.63) is 63.6 Å². The zero-order valence-corrected chi connectivity index (χ0v) is 19.5. The normalized spacial score (nSPS) is 10.6. The highest BCUT2D eigenvalue weighted by Crippen LogP contribution is 2.18. The molecular weight excluding hydrogens is 426 g/mol. The molecule has 9 heteroatoms. The Bertz CT molecular complexity index is 1040. The molecule has 33 heavy (non-hydrogen) atoms. The summed E-state index contributed by atoms with van der Waals surface area (Å²) in [6, 6.07) is 7.34. The molecule has 0 fully saturated rings. The van der Waals surface area contributed by atoms with E-state index in [4.69, 9.17) is 4.74 Å². The van der Waals surface area contributed by atoms with Crippen LogP contribution in [0.5, 0.6) is 5.75 Å². The summed E-state index contributed by atoms with van der Waals surface area (Å²) in [6.07, 6.45) is 3.56. The van der Waals surface area contributed by atoms with E-state index in [-0.39, 0.29) is 30.6 Å². The minimum atomic E-state index is -0.677. The third-order valence-corrected chi connectivity index (χ3v) is 4.96. The number of hydrogen-bond donors (Lipinski definition) is 2. The van der Waals surface area contributed by atoms with Crippen LogP contribution < -0.4 is 20.8 Å². The SMILES string of the molecule is COC(=O)CCNC(=O)c1cn(Cc2ccccc2OC)cc(C(=O)NCCC(C)C)c1=O. The number of aromatic nitrogens is 1. The van der Waals surface area contributed by atoms with E-state index >= 15 is 0 Å². The molecule has 0 radical (unpaired) electrons. The van der Waals surface area contributed by atoms with Gasteiger partial charge in [-0.25, -0.2) is 0 Å². The summed E-state index contributed by atoms with van der Waals surface area (Å²) in [4.78, 5) is 49.7.